The van der Waals surface area contributed by atoms with Crippen LogP contribution in [0.1, 0.15) is 49.7 Å². The van der Waals surface area contributed by atoms with Crippen LogP contribution in [0.25, 0.3) is 0 Å². The molecule has 3 unspecified atom stereocenters. The number of hydrogen-bond donors (Lipinski definition) is 1. The van der Waals surface area contributed by atoms with Crippen molar-refractivity contribution < 1.29 is 23.1 Å². The number of fused-ring (bicyclic) bond motifs is 5. The van der Waals surface area contributed by atoms with E-state index in [4.69, 9.17) is 10.1 Å². The lowest BCUT2D eigenvalue weighted by Gasteiger charge is -2.54. The Bertz CT molecular complexity index is 772. The highest BCUT2D eigenvalue weighted by Crippen LogP contribution is 2.57. The van der Waals surface area contributed by atoms with Crippen LogP contribution in [0.4, 0.5) is 0 Å². The van der Waals surface area contributed by atoms with E-state index in [1.807, 2.05) is 12.1 Å². The molecule has 3 aliphatic rings. The van der Waals surface area contributed by atoms with E-state index >= 15 is 0 Å². The molecule has 1 aromatic carbocycles. The molecule has 4 rings (SSSR count). The molecule has 0 aromatic heterocycles. The number of nitrogens with zero attached hydrogens (tertiary/aromatic N) is 1. The molecule has 1 saturated heterocycles. The molecule has 1 heterocycles. The molecule has 2 fully saturated rings. The number of nitrogens with two attached hydrogens (primary N) is 1. The molecule has 27 heavy (non-hydrogen) atoms. The first-order valence-corrected chi connectivity index (χ1v) is 9.93. The maximum Gasteiger partial charge on any atom is 0.260 e. The molecule has 4 atom stereocenters. The molecule has 0 spiro atoms. The van der Waals surface area contributed by atoms with Gasteiger partial charge in [-0.05, 0) is 66.7 Å². The highest BCUT2D eigenvalue weighted by Gasteiger charge is 2.56. The number of imide groups is 1. The molecule has 0 bridgehead atoms. The lowest BCUT2D eigenvalue weighted by molar-refractivity contribution is -0.199. The van der Waals surface area contributed by atoms with E-state index in [0.717, 1.165) is 25.7 Å². The van der Waals surface area contributed by atoms with Crippen molar-refractivity contribution in [3.05, 3.63) is 29.3 Å². The summed E-state index contributed by atoms with van der Waals surface area (Å²) in [5, 5.41) is 0. The fraction of sp³-hybridized carbons (Fsp3) is 0.579. The van der Waals surface area contributed by atoms with Gasteiger partial charge in [0, 0.05) is 13.5 Å². The zero-order chi connectivity index (χ0) is 19.2. The van der Waals surface area contributed by atoms with Gasteiger partial charge in [-0.25, -0.2) is 0 Å². The third-order valence-corrected chi connectivity index (χ3v) is 7.24. The van der Waals surface area contributed by atoms with Gasteiger partial charge in [0.05, 0.1) is 5.41 Å². The Morgan fingerprint density at radius 1 is 1.30 bits per heavy atom. The molecule has 2 N–H and O–H groups in total. The molecule has 8 heteroatoms. The molecular formula is C19H24N2O5S. The van der Waals surface area contributed by atoms with Crippen LogP contribution in [-0.4, -0.2) is 23.8 Å². The first-order valence-electron chi connectivity index (χ1n) is 9.26. The molecule has 2 amide bonds. The van der Waals surface area contributed by atoms with Gasteiger partial charge in [0.25, 0.3) is 12.3 Å². The number of amides is 2. The predicted octanol–water partition coefficient (Wildman–Crippen LogP) is 2.90. The maximum atomic E-state index is 12.8. The third kappa shape index (κ3) is 3.04. The standard InChI is InChI=1S/C19H24N2O5S/c1-19-8-7-14-13-6-4-12(24-27-26-25-20)9-11(13)3-5-15(14)16(19)10-17(22)21(2)18(19)23/h4,6,9,14-16H,3,5,7-8,10,20H2,1-2H3/t14?,15?,16?,19-/m0/s1. The average Bonchev–Trinajstić information content (AvgIpc) is 2.67. The number of carbonyl (C=O) groups is 2. The smallest absolute Gasteiger partial charge is 0.260 e. The van der Waals surface area contributed by atoms with E-state index in [1.54, 1.807) is 7.05 Å². The van der Waals surface area contributed by atoms with Crippen molar-refractivity contribution in [3.8, 4) is 5.75 Å². The van der Waals surface area contributed by atoms with Crippen LogP contribution in [0.2, 0.25) is 0 Å². The summed E-state index contributed by atoms with van der Waals surface area (Å²) in [5.74, 6) is 6.31. The highest BCUT2D eigenvalue weighted by atomic mass is 32.2. The van der Waals surface area contributed by atoms with E-state index in [9.17, 15) is 9.59 Å². The van der Waals surface area contributed by atoms with Gasteiger partial charge in [-0.3, -0.25) is 14.5 Å². The van der Waals surface area contributed by atoms with Gasteiger partial charge in [-0.1, -0.05) is 13.0 Å². The Morgan fingerprint density at radius 2 is 2.11 bits per heavy atom. The van der Waals surface area contributed by atoms with Gasteiger partial charge in [0.15, 0.2) is 0 Å². The van der Waals surface area contributed by atoms with Crippen molar-refractivity contribution >= 4 is 24.1 Å². The number of carbonyl (C=O) groups excluding carboxylic acids is 2. The zero-order valence-electron chi connectivity index (χ0n) is 15.5. The summed E-state index contributed by atoms with van der Waals surface area (Å²) in [7, 11) is 1.62. The maximum absolute atomic E-state index is 12.8. The lowest BCUT2D eigenvalue weighted by atomic mass is 9.52. The van der Waals surface area contributed by atoms with Crippen LogP contribution in [0.5, 0.6) is 5.75 Å². The topological polar surface area (TPSA) is 91.1 Å². The molecular weight excluding hydrogens is 368 g/mol. The number of piperidine rings is 1. The second kappa shape index (κ2) is 7.09. The molecule has 1 aromatic rings. The molecule has 0 radical (unpaired) electrons. The Kier molecular flexibility index (Phi) is 4.92. The number of likely N-dealkylation sites (tertiary alicyclic amines) is 1. The summed E-state index contributed by atoms with van der Waals surface area (Å²) < 4.78 is 9.86. The van der Waals surface area contributed by atoms with Crippen LogP contribution in [0.15, 0.2) is 18.2 Å². The largest absolute Gasteiger partial charge is 0.399 e. The van der Waals surface area contributed by atoms with Gasteiger partial charge in [0.2, 0.25) is 11.8 Å². The lowest BCUT2D eigenvalue weighted by Crippen LogP contribution is -2.58. The quantitative estimate of drug-likeness (QED) is 0.277. The summed E-state index contributed by atoms with van der Waals surface area (Å²) in [6.45, 7) is 2.06. The second-order valence-electron chi connectivity index (χ2n) is 8.01. The Hall–Kier alpha value is -1.61. The van der Waals surface area contributed by atoms with Crippen LogP contribution in [-0.2, 0) is 25.3 Å². The van der Waals surface area contributed by atoms with Crippen LogP contribution in [0, 0.1) is 17.3 Å². The predicted molar refractivity (Wildman–Crippen MR) is 98.8 cm³/mol. The fourth-order valence-corrected chi connectivity index (χ4v) is 5.71. The minimum absolute atomic E-state index is 0.00380. The monoisotopic (exact) mass is 392 g/mol. The molecule has 1 aliphatic heterocycles. The van der Waals surface area contributed by atoms with E-state index in [-0.39, 0.29) is 17.7 Å². The Morgan fingerprint density at radius 3 is 2.89 bits per heavy atom. The molecule has 2 aliphatic carbocycles. The molecule has 7 nitrogen and oxygen atoms in total. The van der Waals surface area contributed by atoms with Crippen molar-refractivity contribution in [1.82, 2.24) is 4.90 Å². The number of benzene rings is 1. The van der Waals surface area contributed by atoms with Crippen molar-refractivity contribution in [3.63, 3.8) is 0 Å². The van der Waals surface area contributed by atoms with E-state index in [1.165, 1.54) is 16.0 Å². The molecule has 146 valence electrons. The summed E-state index contributed by atoms with van der Waals surface area (Å²) >= 11 is 0.668. The average molecular weight is 392 g/mol. The summed E-state index contributed by atoms with van der Waals surface area (Å²) in [5.41, 5.74) is 2.17. The van der Waals surface area contributed by atoms with Crippen LogP contribution < -0.4 is 10.1 Å². The highest BCUT2D eigenvalue weighted by molar-refractivity contribution is 7.90. The summed E-state index contributed by atoms with van der Waals surface area (Å²) in [6, 6.07) is 6.04. The summed E-state index contributed by atoms with van der Waals surface area (Å²) in [6.07, 6.45) is 4.17. The molecule has 1 saturated carbocycles. The van der Waals surface area contributed by atoms with E-state index in [0.29, 0.717) is 36.3 Å². The first kappa shape index (κ1) is 18.7. The minimum Gasteiger partial charge on any atom is -0.399 e. The summed E-state index contributed by atoms with van der Waals surface area (Å²) in [4.78, 5) is 30.5. The van der Waals surface area contributed by atoms with Crippen LogP contribution in [0.3, 0.4) is 0 Å². The van der Waals surface area contributed by atoms with Gasteiger partial charge in [-0.15, -0.1) is 9.32 Å². The first-order chi connectivity index (χ1) is 13.0. The Balaban J connectivity index is 1.58. The fourth-order valence-electron chi connectivity index (χ4n) is 5.46. The SMILES string of the molecule is CN1C(=O)CC2C3CCc4cc(OSOON)ccc4C3CC[C@]2(C)C1=O. The van der Waals surface area contributed by atoms with Gasteiger partial charge >= 0.3 is 0 Å². The van der Waals surface area contributed by atoms with Crippen molar-refractivity contribution in [2.45, 2.75) is 44.9 Å². The van der Waals surface area contributed by atoms with Crippen molar-refractivity contribution in [1.29, 1.82) is 0 Å². The second-order valence-corrected chi connectivity index (χ2v) is 8.45. The van der Waals surface area contributed by atoms with Crippen LogP contribution >= 0.6 is 12.3 Å². The van der Waals surface area contributed by atoms with Crippen molar-refractivity contribution in [2.75, 3.05) is 7.05 Å². The van der Waals surface area contributed by atoms with Gasteiger partial charge < -0.3 is 4.18 Å². The van der Waals surface area contributed by atoms with E-state index in [2.05, 4.69) is 22.3 Å². The zero-order valence-corrected chi connectivity index (χ0v) is 16.3. The number of aryl methyl sites for hydroxylation is 1. The van der Waals surface area contributed by atoms with Gasteiger partial charge in [-0.2, -0.15) is 5.90 Å². The van der Waals surface area contributed by atoms with Gasteiger partial charge in [0.1, 0.15) is 5.75 Å². The van der Waals surface area contributed by atoms with Crippen molar-refractivity contribution in [2.24, 2.45) is 23.1 Å². The van der Waals surface area contributed by atoms with E-state index < -0.39 is 5.41 Å². The normalized spacial score (nSPS) is 32.6. The number of rotatable bonds is 4. The Labute approximate surface area is 162 Å². The number of hydrogen-bond acceptors (Lipinski definition) is 7. The third-order valence-electron chi connectivity index (χ3n) is 6.85. The minimum atomic E-state index is -0.416.